The average molecular weight is 298 g/mol. The van der Waals surface area contributed by atoms with Crippen molar-refractivity contribution < 1.29 is 0 Å². The highest BCUT2D eigenvalue weighted by Gasteiger charge is 2.22. The van der Waals surface area contributed by atoms with Crippen LogP contribution in [0.25, 0.3) is 4.85 Å². The van der Waals surface area contributed by atoms with E-state index in [1.54, 1.807) is 0 Å². The summed E-state index contributed by atoms with van der Waals surface area (Å²) < 4.78 is 0. The largest absolute Gasteiger partial charge is 0.365 e. The summed E-state index contributed by atoms with van der Waals surface area (Å²) in [5.41, 5.74) is 10.3. The Labute approximate surface area is 129 Å². The van der Waals surface area contributed by atoms with E-state index in [9.17, 15) is 0 Å². The molecule has 0 fully saturated rings. The Bertz CT molecular complexity index is 705. The van der Waals surface area contributed by atoms with Crippen molar-refractivity contribution in [3.8, 4) is 0 Å². The van der Waals surface area contributed by atoms with Gasteiger partial charge >= 0.3 is 0 Å². The van der Waals surface area contributed by atoms with E-state index in [1.165, 1.54) is 5.69 Å². The van der Waals surface area contributed by atoms with Crippen LogP contribution in [0, 0.1) is 6.57 Å². The Balaban J connectivity index is 1.92. The molecule has 0 aromatic heterocycles. The molecule has 1 aliphatic heterocycles. The summed E-state index contributed by atoms with van der Waals surface area (Å²) in [6.07, 6.45) is 0.824. The number of anilines is 1. The highest BCUT2D eigenvalue weighted by molar-refractivity contribution is 6.30. The van der Waals surface area contributed by atoms with E-state index in [-0.39, 0.29) is 6.04 Å². The van der Waals surface area contributed by atoms with Gasteiger partial charge in [-0.1, -0.05) is 35.9 Å². The topological polar surface area (TPSA) is 33.6 Å². The lowest BCUT2D eigenvalue weighted by Gasteiger charge is -2.35. The quantitative estimate of drug-likeness (QED) is 0.856. The van der Waals surface area contributed by atoms with Gasteiger partial charge in [-0.3, -0.25) is 0 Å². The van der Waals surface area contributed by atoms with Crippen LogP contribution in [0.1, 0.15) is 11.1 Å². The molecule has 0 aliphatic carbocycles. The highest BCUT2D eigenvalue weighted by atomic mass is 35.5. The molecular formula is C17H16ClN3. The first-order valence-electron chi connectivity index (χ1n) is 6.91. The van der Waals surface area contributed by atoms with Crippen molar-refractivity contribution in [3.63, 3.8) is 0 Å². The maximum Gasteiger partial charge on any atom is 0.187 e. The van der Waals surface area contributed by atoms with Gasteiger partial charge in [-0.25, -0.2) is 4.85 Å². The van der Waals surface area contributed by atoms with Crippen LogP contribution < -0.4 is 10.6 Å². The van der Waals surface area contributed by atoms with Crippen LogP contribution in [0.2, 0.25) is 5.02 Å². The van der Waals surface area contributed by atoms with E-state index in [1.807, 2.05) is 36.4 Å². The highest BCUT2D eigenvalue weighted by Crippen LogP contribution is 2.31. The molecule has 0 bridgehead atoms. The van der Waals surface area contributed by atoms with Crippen molar-refractivity contribution in [2.75, 3.05) is 11.4 Å². The first-order valence-corrected chi connectivity index (χ1v) is 7.29. The summed E-state index contributed by atoms with van der Waals surface area (Å²) in [7, 11) is 0. The minimum absolute atomic E-state index is 0.0951. The minimum atomic E-state index is 0.0951. The molecule has 3 rings (SSSR count). The molecule has 2 aromatic rings. The predicted molar refractivity (Wildman–Crippen MR) is 86.9 cm³/mol. The number of halogens is 1. The Hall–Kier alpha value is -2.02. The molecule has 0 saturated heterocycles. The Morgan fingerprint density at radius 1 is 1.29 bits per heavy atom. The van der Waals surface area contributed by atoms with Crippen LogP contribution in [0.5, 0.6) is 0 Å². The van der Waals surface area contributed by atoms with Crippen molar-refractivity contribution in [1.82, 2.24) is 0 Å². The van der Waals surface area contributed by atoms with Crippen molar-refractivity contribution in [2.24, 2.45) is 5.73 Å². The molecule has 21 heavy (non-hydrogen) atoms. The van der Waals surface area contributed by atoms with Gasteiger partial charge in [-0.2, -0.15) is 0 Å². The molecule has 1 heterocycles. The average Bonchev–Trinajstić information content (AvgIpc) is 2.46. The molecule has 0 amide bonds. The van der Waals surface area contributed by atoms with Crippen molar-refractivity contribution in [2.45, 2.75) is 19.0 Å². The normalized spacial score (nSPS) is 17.2. The summed E-state index contributed by atoms with van der Waals surface area (Å²) in [5.74, 6) is 0. The van der Waals surface area contributed by atoms with Crippen molar-refractivity contribution >= 4 is 23.0 Å². The number of rotatable bonds is 2. The molecule has 1 unspecified atom stereocenters. The minimum Gasteiger partial charge on any atom is -0.365 e. The summed E-state index contributed by atoms with van der Waals surface area (Å²) in [6.45, 7) is 8.72. The number of nitrogens with zero attached hydrogens (tertiary/aromatic N) is 2. The van der Waals surface area contributed by atoms with Gasteiger partial charge in [0.15, 0.2) is 5.69 Å². The fraction of sp³-hybridized carbons (Fsp3) is 0.235. The van der Waals surface area contributed by atoms with Crippen molar-refractivity contribution in [3.05, 3.63) is 70.0 Å². The third kappa shape index (κ3) is 3.02. The molecule has 4 heteroatoms. The second kappa shape index (κ2) is 5.77. The summed E-state index contributed by atoms with van der Waals surface area (Å²) >= 11 is 6.05. The van der Waals surface area contributed by atoms with Gasteiger partial charge in [0.05, 0.1) is 6.57 Å². The van der Waals surface area contributed by atoms with Crippen LogP contribution in [-0.2, 0) is 13.0 Å². The molecule has 0 spiro atoms. The number of nitrogens with two attached hydrogens (primary N) is 1. The summed E-state index contributed by atoms with van der Waals surface area (Å²) in [4.78, 5) is 5.76. The van der Waals surface area contributed by atoms with Crippen LogP contribution in [-0.4, -0.2) is 12.6 Å². The smallest absolute Gasteiger partial charge is 0.187 e. The second-order valence-electron chi connectivity index (χ2n) is 5.40. The lowest BCUT2D eigenvalue weighted by atomic mass is 9.97. The number of benzene rings is 2. The molecule has 1 atom stereocenters. The van der Waals surface area contributed by atoms with E-state index in [0.29, 0.717) is 5.69 Å². The number of hydrogen-bond acceptors (Lipinski definition) is 2. The lowest BCUT2D eigenvalue weighted by Crippen LogP contribution is -2.42. The van der Waals surface area contributed by atoms with Crippen LogP contribution in [0.3, 0.4) is 0 Å². The lowest BCUT2D eigenvalue weighted by molar-refractivity contribution is 0.599. The van der Waals surface area contributed by atoms with Gasteiger partial charge in [0.2, 0.25) is 0 Å². The van der Waals surface area contributed by atoms with E-state index in [2.05, 4.69) is 15.8 Å². The monoisotopic (exact) mass is 297 g/mol. The fourth-order valence-corrected chi connectivity index (χ4v) is 3.06. The molecule has 2 N–H and O–H groups in total. The fourth-order valence-electron chi connectivity index (χ4n) is 2.85. The van der Waals surface area contributed by atoms with Crippen LogP contribution in [0.4, 0.5) is 11.4 Å². The third-order valence-corrected chi connectivity index (χ3v) is 3.97. The van der Waals surface area contributed by atoms with Gasteiger partial charge in [0.25, 0.3) is 0 Å². The first-order chi connectivity index (χ1) is 10.2. The summed E-state index contributed by atoms with van der Waals surface area (Å²) in [5, 5.41) is 0.748. The summed E-state index contributed by atoms with van der Waals surface area (Å²) in [6, 6.07) is 13.8. The van der Waals surface area contributed by atoms with Gasteiger partial charge in [0, 0.05) is 29.8 Å². The number of hydrogen-bond donors (Lipinski definition) is 1. The van der Waals surface area contributed by atoms with Crippen molar-refractivity contribution in [1.29, 1.82) is 0 Å². The van der Waals surface area contributed by atoms with Gasteiger partial charge in [-0.05, 0) is 35.7 Å². The zero-order valence-corrected chi connectivity index (χ0v) is 12.3. The molecule has 106 valence electrons. The van der Waals surface area contributed by atoms with E-state index in [4.69, 9.17) is 23.9 Å². The molecule has 1 aliphatic rings. The standard InChI is InChI=1S/C17H16ClN3/c1-20-16-5-6-17-13(9-16)8-15(19)11-21(17)10-12-3-2-4-14(18)7-12/h2-7,9,15H,8,10-11,19H2. The zero-order chi connectivity index (χ0) is 14.8. The zero-order valence-electron chi connectivity index (χ0n) is 11.6. The Kier molecular flexibility index (Phi) is 3.83. The van der Waals surface area contributed by atoms with Gasteiger partial charge < -0.3 is 10.6 Å². The van der Waals surface area contributed by atoms with E-state index < -0.39 is 0 Å². The van der Waals surface area contributed by atoms with Gasteiger partial charge in [-0.15, -0.1) is 0 Å². The van der Waals surface area contributed by atoms with Gasteiger partial charge in [0.1, 0.15) is 0 Å². The molecular weight excluding hydrogens is 282 g/mol. The van der Waals surface area contributed by atoms with Crippen LogP contribution in [0.15, 0.2) is 42.5 Å². The molecule has 0 saturated carbocycles. The third-order valence-electron chi connectivity index (χ3n) is 3.73. The maximum atomic E-state index is 7.13. The maximum absolute atomic E-state index is 7.13. The predicted octanol–water partition coefficient (Wildman–Crippen LogP) is 3.78. The van der Waals surface area contributed by atoms with E-state index in [0.717, 1.165) is 35.7 Å². The molecule has 2 aromatic carbocycles. The Morgan fingerprint density at radius 2 is 2.14 bits per heavy atom. The SMILES string of the molecule is [C-]#[N+]c1ccc2c(c1)CC(N)CN2Cc1cccc(Cl)c1. The number of fused-ring (bicyclic) bond motifs is 1. The Morgan fingerprint density at radius 3 is 2.90 bits per heavy atom. The molecule has 3 nitrogen and oxygen atoms in total. The van der Waals surface area contributed by atoms with E-state index >= 15 is 0 Å². The second-order valence-corrected chi connectivity index (χ2v) is 5.84. The van der Waals surface area contributed by atoms with Crippen LogP contribution >= 0.6 is 11.6 Å². The first kappa shape index (κ1) is 13.9. The molecule has 0 radical (unpaired) electrons.